The number of hydrogen-bond acceptors (Lipinski definition) is 6. The summed E-state index contributed by atoms with van der Waals surface area (Å²) in [7, 11) is 1.51. The summed E-state index contributed by atoms with van der Waals surface area (Å²) in [4.78, 5) is 28.3. The summed E-state index contributed by atoms with van der Waals surface area (Å²) >= 11 is 1.48. The zero-order valence-corrected chi connectivity index (χ0v) is 16.9. The predicted molar refractivity (Wildman–Crippen MR) is 113 cm³/mol. The van der Waals surface area contributed by atoms with Crippen LogP contribution in [0.3, 0.4) is 0 Å². The Bertz CT molecular complexity index is 1120. The molecule has 2 N–H and O–H groups in total. The number of ketones is 1. The van der Waals surface area contributed by atoms with E-state index in [1.807, 2.05) is 17.5 Å². The fourth-order valence-electron chi connectivity index (χ4n) is 3.54. The lowest BCUT2D eigenvalue weighted by Crippen LogP contribution is -2.28. The van der Waals surface area contributed by atoms with Crippen LogP contribution in [0.1, 0.15) is 22.0 Å². The number of ether oxygens (including phenoxy) is 1. The molecule has 0 aliphatic carbocycles. The molecule has 7 heteroatoms. The van der Waals surface area contributed by atoms with Crippen molar-refractivity contribution in [1.29, 1.82) is 0 Å². The lowest BCUT2D eigenvalue weighted by atomic mass is 9.95. The van der Waals surface area contributed by atoms with E-state index in [2.05, 4.69) is 0 Å². The molecule has 1 atom stereocenters. The molecule has 2 aromatic carbocycles. The van der Waals surface area contributed by atoms with Gasteiger partial charge in [-0.1, -0.05) is 30.3 Å². The van der Waals surface area contributed by atoms with E-state index in [-0.39, 0.29) is 23.6 Å². The molecule has 0 radical (unpaired) electrons. The second-order valence-electron chi connectivity index (χ2n) is 6.83. The van der Waals surface area contributed by atoms with Crippen LogP contribution in [-0.4, -0.2) is 33.9 Å². The smallest absolute Gasteiger partial charge is 0.295 e. The largest absolute Gasteiger partial charge is 0.508 e. The van der Waals surface area contributed by atoms with Crippen molar-refractivity contribution < 1.29 is 24.5 Å². The Hall–Kier alpha value is -3.58. The molecular weight excluding hydrogens is 402 g/mol. The van der Waals surface area contributed by atoms with Gasteiger partial charge in [0, 0.05) is 10.4 Å². The Balaban J connectivity index is 1.86. The molecule has 152 valence electrons. The number of methoxy groups -OCH3 is 1. The van der Waals surface area contributed by atoms with E-state index in [4.69, 9.17) is 4.74 Å². The topological polar surface area (TPSA) is 87.1 Å². The van der Waals surface area contributed by atoms with E-state index in [1.54, 1.807) is 36.4 Å². The van der Waals surface area contributed by atoms with Crippen molar-refractivity contribution in [1.82, 2.24) is 4.90 Å². The molecule has 2 heterocycles. The molecule has 1 aromatic heterocycles. The Morgan fingerprint density at radius 2 is 1.87 bits per heavy atom. The molecule has 1 unspecified atom stereocenters. The van der Waals surface area contributed by atoms with Crippen LogP contribution in [0, 0.1) is 0 Å². The van der Waals surface area contributed by atoms with Crippen molar-refractivity contribution in [3.63, 3.8) is 0 Å². The zero-order valence-electron chi connectivity index (χ0n) is 16.1. The summed E-state index contributed by atoms with van der Waals surface area (Å²) in [6.07, 6.45) is 0. The van der Waals surface area contributed by atoms with Gasteiger partial charge in [0.25, 0.3) is 11.7 Å². The molecule has 1 saturated heterocycles. The number of hydrogen-bond donors (Lipinski definition) is 2. The van der Waals surface area contributed by atoms with Gasteiger partial charge in [-0.2, -0.15) is 0 Å². The third-order valence-electron chi connectivity index (χ3n) is 5.00. The molecule has 1 aliphatic rings. The second kappa shape index (κ2) is 8.04. The van der Waals surface area contributed by atoms with Gasteiger partial charge in [0.2, 0.25) is 0 Å². The number of aliphatic hydroxyl groups is 1. The molecule has 1 aliphatic heterocycles. The summed E-state index contributed by atoms with van der Waals surface area (Å²) in [6.45, 7) is 0.239. The van der Waals surface area contributed by atoms with Crippen molar-refractivity contribution in [2.75, 3.05) is 7.11 Å². The summed E-state index contributed by atoms with van der Waals surface area (Å²) in [5, 5.41) is 22.6. The average molecular weight is 421 g/mol. The average Bonchev–Trinajstić information content (AvgIpc) is 3.36. The first kappa shape index (κ1) is 19.7. The Labute approximate surface area is 177 Å². The minimum atomic E-state index is -0.779. The van der Waals surface area contributed by atoms with E-state index >= 15 is 0 Å². The summed E-state index contributed by atoms with van der Waals surface area (Å²) in [5.74, 6) is -1.09. The second-order valence-corrected chi connectivity index (χ2v) is 7.86. The first-order valence-corrected chi connectivity index (χ1v) is 10.1. The number of carbonyl (C=O) groups excluding carboxylic acids is 2. The molecule has 3 aromatic rings. The number of likely N-dealkylation sites (tertiary alicyclic amines) is 1. The standard InChI is InChI=1S/C23H19NO5S/c1-29-17-5-2-4-15(12-17)21(26)19-20(14-7-9-16(25)10-8-14)24(23(28)22(19)27)13-18-6-3-11-30-18/h2-12,20,25-26H,13H2,1H3/b21-19+. The van der Waals surface area contributed by atoms with Crippen LogP contribution >= 0.6 is 11.3 Å². The van der Waals surface area contributed by atoms with Crippen molar-refractivity contribution in [3.8, 4) is 11.5 Å². The predicted octanol–water partition coefficient (Wildman–Crippen LogP) is 4.08. The number of aromatic hydroxyl groups is 1. The van der Waals surface area contributed by atoms with Crippen molar-refractivity contribution in [2.45, 2.75) is 12.6 Å². The SMILES string of the molecule is COc1cccc(/C(O)=C2\C(=O)C(=O)N(Cc3cccs3)C2c2ccc(O)cc2)c1. The van der Waals surface area contributed by atoms with Crippen LogP contribution in [0.25, 0.3) is 5.76 Å². The Morgan fingerprint density at radius 3 is 2.53 bits per heavy atom. The Morgan fingerprint density at radius 1 is 1.10 bits per heavy atom. The minimum Gasteiger partial charge on any atom is -0.508 e. The number of phenols is 1. The Kier molecular flexibility index (Phi) is 5.29. The highest BCUT2D eigenvalue weighted by molar-refractivity contribution is 7.09. The van der Waals surface area contributed by atoms with Gasteiger partial charge < -0.3 is 19.8 Å². The molecule has 1 fully saturated rings. The van der Waals surface area contributed by atoms with E-state index in [1.165, 1.54) is 35.5 Å². The van der Waals surface area contributed by atoms with E-state index < -0.39 is 17.7 Å². The summed E-state index contributed by atoms with van der Waals surface area (Å²) in [6, 6.07) is 15.9. The zero-order chi connectivity index (χ0) is 21.3. The van der Waals surface area contributed by atoms with Gasteiger partial charge in [0.1, 0.15) is 17.3 Å². The van der Waals surface area contributed by atoms with Crippen LogP contribution < -0.4 is 4.74 Å². The van der Waals surface area contributed by atoms with Gasteiger partial charge in [-0.05, 0) is 41.3 Å². The molecule has 0 spiro atoms. The molecule has 0 saturated carbocycles. The third kappa shape index (κ3) is 3.55. The monoisotopic (exact) mass is 421 g/mol. The molecule has 4 rings (SSSR count). The molecule has 0 bridgehead atoms. The fraction of sp³-hybridized carbons (Fsp3) is 0.130. The van der Waals surface area contributed by atoms with Gasteiger partial charge in [0.05, 0.1) is 25.3 Å². The molecule has 6 nitrogen and oxygen atoms in total. The van der Waals surface area contributed by atoms with Crippen molar-refractivity contribution >= 4 is 28.8 Å². The van der Waals surface area contributed by atoms with Gasteiger partial charge in [0.15, 0.2) is 0 Å². The number of amides is 1. The number of aliphatic hydroxyl groups excluding tert-OH is 1. The lowest BCUT2D eigenvalue weighted by Gasteiger charge is -2.25. The van der Waals surface area contributed by atoms with Gasteiger partial charge in [-0.3, -0.25) is 9.59 Å². The number of thiophene rings is 1. The highest BCUT2D eigenvalue weighted by atomic mass is 32.1. The van der Waals surface area contributed by atoms with Gasteiger partial charge in [-0.25, -0.2) is 0 Å². The fourth-order valence-corrected chi connectivity index (χ4v) is 4.25. The normalized spacial score (nSPS) is 18.0. The van der Waals surface area contributed by atoms with Crippen molar-refractivity contribution in [2.24, 2.45) is 0 Å². The van der Waals surface area contributed by atoms with Crippen molar-refractivity contribution in [3.05, 3.63) is 87.6 Å². The van der Waals surface area contributed by atoms with Crippen LogP contribution in [-0.2, 0) is 16.1 Å². The van der Waals surface area contributed by atoms with Gasteiger partial charge >= 0.3 is 0 Å². The molecule has 30 heavy (non-hydrogen) atoms. The summed E-state index contributed by atoms with van der Waals surface area (Å²) < 4.78 is 5.21. The number of rotatable bonds is 5. The maximum absolute atomic E-state index is 13.0. The van der Waals surface area contributed by atoms with Crippen LogP contribution in [0.5, 0.6) is 11.5 Å². The number of carbonyl (C=O) groups is 2. The number of Topliss-reactive ketones (excluding diaryl/α,β-unsaturated/α-hetero) is 1. The highest BCUT2D eigenvalue weighted by Crippen LogP contribution is 2.41. The number of nitrogens with zero attached hydrogens (tertiary/aromatic N) is 1. The van der Waals surface area contributed by atoms with Crippen LogP contribution in [0.2, 0.25) is 0 Å². The first-order valence-electron chi connectivity index (χ1n) is 9.23. The third-order valence-corrected chi connectivity index (χ3v) is 5.86. The molecule has 1 amide bonds. The van der Waals surface area contributed by atoms with Gasteiger partial charge in [-0.15, -0.1) is 11.3 Å². The van der Waals surface area contributed by atoms with E-state index in [0.717, 1.165) is 4.88 Å². The van der Waals surface area contributed by atoms with E-state index in [0.29, 0.717) is 16.9 Å². The number of benzene rings is 2. The lowest BCUT2D eigenvalue weighted by molar-refractivity contribution is -0.140. The highest BCUT2D eigenvalue weighted by Gasteiger charge is 2.46. The van der Waals surface area contributed by atoms with E-state index in [9.17, 15) is 19.8 Å². The summed E-state index contributed by atoms with van der Waals surface area (Å²) in [5.41, 5.74) is 1.01. The van der Waals surface area contributed by atoms with Crippen LogP contribution in [0.4, 0.5) is 0 Å². The first-order chi connectivity index (χ1) is 14.5. The minimum absolute atomic E-state index is 0.00972. The maximum Gasteiger partial charge on any atom is 0.295 e. The van der Waals surface area contributed by atoms with Crippen LogP contribution in [0.15, 0.2) is 71.6 Å². The molecular formula is C23H19NO5S. The maximum atomic E-state index is 13.0. The number of phenolic OH excluding ortho intramolecular Hbond substituents is 1. The quantitative estimate of drug-likeness (QED) is 0.368.